The van der Waals surface area contributed by atoms with Crippen molar-refractivity contribution in [2.24, 2.45) is 0 Å². The van der Waals surface area contributed by atoms with Gasteiger partial charge in [-0.25, -0.2) is 0 Å². The Morgan fingerprint density at radius 1 is 1.45 bits per heavy atom. The highest BCUT2D eigenvalue weighted by atomic mass is 16.1. The van der Waals surface area contributed by atoms with E-state index in [0.29, 0.717) is 17.8 Å². The third kappa shape index (κ3) is 0.824. The van der Waals surface area contributed by atoms with Gasteiger partial charge in [0.05, 0.1) is 5.56 Å². The summed E-state index contributed by atoms with van der Waals surface area (Å²) in [4.78, 5) is 11.2. The third-order valence-electron chi connectivity index (χ3n) is 1.98. The Morgan fingerprint density at radius 3 is 3.00 bits per heavy atom. The number of nitrogens with one attached hydrogen (secondary N) is 1. The number of carbonyl (C=O) groups is 1. The van der Waals surface area contributed by atoms with E-state index in [1.807, 2.05) is 0 Å². The van der Waals surface area contributed by atoms with Gasteiger partial charge >= 0.3 is 0 Å². The van der Waals surface area contributed by atoms with Crippen LogP contribution in [0.15, 0.2) is 0 Å². The maximum Gasteiger partial charge on any atom is 0.168 e. The molecule has 2 rings (SSSR count). The fourth-order valence-electron chi connectivity index (χ4n) is 1.44. The van der Waals surface area contributed by atoms with Crippen LogP contribution in [0.5, 0.6) is 0 Å². The quantitative estimate of drug-likeness (QED) is 0.567. The zero-order valence-corrected chi connectivity index (χ0v) is 6.05. The lowest BCUT2D eigenvalue weighted by atomic mass is 9.96. The summed E-state index contributed by atoms with van der Waals surface area (Å²) in [7, 11) is 0. The summed E-state index contributed by atoms with van der Waals surface area (Å²) in [5.74, 6) is 0.474. The molecule has 0 amide bonds. The van der Waals surface area contributed by atoms with E-state index in [2.05, 4.69) is 10.2 Å². The number of aromatic amines is 1. The number of carbonyl (C=O) groups excluding carboxylic acids is 1. The number of anilines is 1. The van der Waals surface area contributed by atoms with Crippen molar-refractivity contribution < 1.29 is 4.79 Å². The Morgan fingerprint density at radius 2 is 2.27 bits per heavy atom. The van der Waals surface area contributed by atoms with Crippen LogP contribution in [-0.4, -0.2) is 16.0 Å². The Hall–Kier alpha value is -1.32. The van der Waals surface area contributed by atoms with E-state index in [4.69, 9.17) is 5.73 Å². The standard InChI is InChI=1S/C7H9N3O/c8-7-6-4(9-10-7)2-1-3-5(6)11/h1-3H2,(H3,8,9,10). The number of rotatable bonds is 0. The molecule has 58 valence electrons. The molecule has 0 atom stereocenters. The van der Waals surface area contributed by atoms with Crippen LogP contribution < -0.4 is 5.73 Å². The predicted molar refractivity (Wildman–Crippen MR) is 40.3 cm³/mol. The molecule has 4 heteroatoms. The van der Waals surface area contributed by atoms with Crippen molar-refractivity contribution in [3.63, 3.8) is 0 Å². The molecule has 0 aromatic carbocycles. The van der Waals surface area contributed by atoms with E-state index in [1.54, 1.807) is 0 Å². The molecule has 1 aliphatic rings. The second-order valence-electron chi connectivity index (χ2n) is 2.74. The molecule has 0 aliphatic heterocycles. The Kier molecular flexibility index (Phi) is 1.21. The van der Waals surface area contributed by atoms with Crippen molar-refractivity contribution in [3.8, 4) is 0 Å². The largest absolute Gasteiger partial charge is 0.382 e. The number of hydrogen-bond acceptors (Lipinski definition) is 3. The lowest BCUT2D eigenvalue weighted by Crippen LogP contribution is -2.10. The number of hydrogen-bond donors (Lipinski definition) is 2. The molecule has 0 saturated heterocycles. The minimum absolute atomic E-state index is 0.123. The average molecular weight is 151 g/mol. The zero-order chi connectivity index (χ0) is 7.84. The molecule has 1 aliphatic carbocycles. The Labute approximate surface area is 63.8 Å². The van der Waals surface area contributed by atoms with E-state index < -0.39 is 0 Å². The second-order valence-corrected chi connectivity index (χ2v) is 2.74. The van der Waals surface area contributed by atoms with Gasteiger partial charge in [-0.15, -0.1) is 0 Å². The lowest BCUT2D eigenvalue weighted by Gasteiger charge is -2.07. The van der Waals surface area contributed by atoms with Crippen LogP contribution in [0, 0.1) is 0 Å². The van der Waals surface area contributed by atoms with Crippen LogP contribution in [0.3, 0.4) is 0 Å². The summed E-state index contributed by atoms with van der Waals surface area (Å²) < 4.78 is 0. The van der Waals surface area contributed by atoms with Gasteiger partial charge in [0.15, 0.2) is 11.6 Å². The Balaban J connectivity index is 2.56. The van der Waals surface area contributed by atoms with E-state index in [0.717, 1.165) is 18.5 Å². The summed E-state index contributed by atoms with van der Waals surface area (Å²) in [6.45, 7) is 0. The number of Topliss-reactive ketones (excluding diaryl/α,β-unsaturated/α-hetero) is 1. The van der Waals surface area contributed by atoms with Gasteiger partial charge in [-0.05, 0) is 12.8 Å². The Bertz CT molecular complexity index is 303. The maximum atomic E-state index is 11.2. The molecule has 4 nitrogen and oxygen atoms in total. The molecule has 0 fully saturated rings. The third-order valence-corrected chi connectivity index (χ3v) is 1.98. The van der Waals surface area contributed by atoms with Crippen LogP contribution in [0.4, 0.5) is 5.82 Å². The number of fused-ring (bicyclic) bond motifs is 1. The number of nitrogen functional groups attached to an aromatic ring is 1. The van der Waals surface area contributed by atoms with Crippen molar-refractivity contribution in [2.75, 3.05) is 5.73 Å². The van der Waals surface area contributed by atoms with Crippen molar-refractivity contribution >= 4 is 11.6 Å². The number of ketones is 1. The number of aromatic nitrogens is 2. The molecule has 1 aromatic rings. The highest BCUT2D eigenvalue weighted by molar-refractivity contribution is 6.01. The molecule has 1 heterocycles. The zero-order valence-electron chi connectivity index (χ0n) is 6.05. The number of H-pyrrole nitrogens is 1. The minimum atomic E-state index is 0.123. The smallest absolute Gasteiger partial charge is 0.168 e. The SMILES string of the molecule is Nc1n[nH]c2c1C(=O)CCC2. The van der Waals surface area contributed by atoms with Gasteiger partial charge in [0.2, 0.25) is 0 Å². The van der Waals surface area contributed by atoms with Gasteiger partial charge in [0.25, 0.3) is 0 Å². The first-order valence-electron chi connectivity index (χ1n) is 3.65. The summed E-state index contributed by atoms with van der Waals surface area (Å²) in [6.07, 6.45) is 2.41. The van der Waals surface area contributed by atoms with E-state index in [1.165, 1.54) is 0 Å². The van der Waals surface area contributed by atoms with E-state index in [9.17, 15) is 4.79 Å². The van der Waals surface area contributed by atoms with Crippen molar-refractivity contribution in [2.45, 2.75) is 19.3 Å². The molecule has 0 radical (unpaired) electrons. The fourth-order valence-corrected chi connectivity index (χ4v) is 1.44. The first-order valence-corrected chi connectivity index (χ1v) is 3.65. The number of aryl methyl sites for hydroxylation is 1. The average Bonchev–Trinajstić information content (AvgIpc) is 2.34. The molecule has 1 aromatic heterocycles. The molecule has 0 unspecified atom stereocenters. The van der Waals surface area contributed by atoms with Gasteiger partial charge in [-0.1, -0.05) is 0 Å². The maximum absolute atomic E-state index is 11.2. The first-order chi connectivity index (χ1) is 5.29. The lowest BCUT2D eigenvalue weighted by molar-refractivity contribution is 0.0973. The molecule has 11 heavy (non-hydrogen) atoms. The number of nitrogens with zero attached hydrogens (tertiary/aromatic N) is 1. The normalized spacial score (nSPS) is 16.5. The first kappa shape index (κ1) is 6.39. The van der Waals surface area contributed by atoms with Gasteiger partial charge in [0.1, 0.15) is 0 Å². The van der Waals surface area contributed by atoms with Crippen LogP contribution >= 0.6 is 0 Å². The van der Waals surface area contributed by atoms with Gasteiger partial charge < -0.3 is 5.73 Å². The molecular formula is C7H9N3O. The fraction of sp³-hybridized carbons (Fsp3) is 0.429. The van der Waals surface area contributed by atoms with E-state index >= 15 is 0 Å². The van der Waals surface area contributed by atoms with Crippen molar-refractivity contribution in [1.29, 1.82) is 0 Å². The highest BCUT2D eigenvalue weighted by Crippen LogP contribution is 2.22. The minimum Gasteiger partial charge on any atom is -0.382 e. The highest BCUT2D eigenvalue weighted by Gasteiger charge is 2.21. The van der Waals surface area contributed by atoms with Gasteiger partial charge in [-0.2, -0.15) is 5.10 Å². The molecule has 0 saturated carbocycles. The van der Waals surface area contributed by atoms with E-state index in [-0.39, 0.29) is 5.78 Å². The summed E-state index contributed by atoms with van der Waals surface area (Å²) in [5.41, 5.74) is 7.01. The summed E-state index contributed by atoms with van der Waals surface area (Å²) in [5, 5.41) is 6.54. The van der Waals surface area contributed by atoms with Crippen molar-refractivity contribution in [3.05, 3.63) is 11.3 Å². The molecule has 0 bridgehead atoms. The van der Waals surface area contributed by atoms with Crippen LogP contribution in [0.2, 0.25) is 0 Å². The molecule has 0 spiro atoms. The van der Waals surface area contributed by atoms with Crippen molar-refractivity contribution in [1.82, 2.24) is 10.2 Å². The van der Waals surface area contributed by atoms with Crippen LogP contribution in [0.25, 0.3) is 0 Å². The monoisotopic (exact) mass is 151 g/mol. The molecule has 3 N–H and O–H groups in total. The summed E-state index contributed by atoms with van der Waals surface area (Å²) >= 11 is 0. The van der Waals surface area contributed by atoms with Crippen LogP contribution in [0.1, 0.15) is 28.9 Å². The van der Waals surface area contributed by atoms with Gasteiger partial charge in [0, 0.05) is 12.1 Å². The summed E-state index contributed by atoms with van der Waals surface area (Å²) in [6, 6.07) is 0. The van der Waals surface area contributed by atoms with Crippen LogP contribution in [-0.2, 0) is 6.42 Å². The predicted octanol–water partition coefficient (Wildman–Crippen LogP) is 0.511. The van der Waals surface area contributed by atoms with Gasteiger partial charge in [-0.3, -0.25) is 9.89 Å². The second kappa shape index (κ2) is 2.08. The number of nitrogens with two attached hydrogens (primary N) is 1. The molecular weight excluding hydrogens is 142 g/mol. The topological polar surface area (TPSA) is 71.8 Å².